The van der Waals surface area contributed by atoms with Gasteiger partial charge < -0.3 is 10.3 Å². The van der Waals surface area contributed by atoms with Gasteiger partial charge in [0.2, 0.25) is 5.69 Å². The minimum Gasteiger partial charge on any atom is -0.870 e. The summed E-state index contributed by atoms with van der Waals surface area (Å²) in [7, 11) is 0. The predicted molar refractivity (Wildman–Crippen MR) is 39.8 cm³/mol. The van der Waals surface area contributed by atoms with E-state index in [1.54, 1.807) is 6.29 Å². The molecule has 0 radical (unpaired) electrons. The van der Waals surface area contributed by atoms with E-state index < -0.39 is 4.92 Å². The third-order valence-electron chi connectivity index (χ3n) is 1.20. The second-order valence-corrected chi connectivity index (χ2v) is 1.91. The van der Waals surface area contributed by atoms with Crippen LogP contribution in [0.2, 0.25) is 0 Å². The van der Waals surface area contributed by atoms with Crippen LogP contribution in [0.1, 0.15) is 5.56 Å². The van der Waals surface area contributed by atoms with Gasteiger partial charge in [-0.25, -0.2) is 0 Å². The van der Waals surface area contributed by atoms with Gasteiger partial charge in [0, 0.05) is 0 Å². The Balaban J connectivity index is 0. The Bertz CT molecular complexity index is 285. The predicted octanol–water partition coefficient (Wildman–Crippen LogP) is -2.12. The van der Waals surface area contributed by atoms with Crippen LogP contribution in [-0.2, 0) is 4.79 Å². The molecule has 0 fully saturated rings. The first-order valence-corrected chi connectivity index (χ1v) is 2.86. The van der Waals surface area contributed by atoms with Gasteiger partial charge in [-0.3, -0.25) is 10.1 Å². The molecule has 0 aliphatic carbocycles. The summed E-state index contributed by atoms with van der Waals surface area (Å²) in [4.78, 5) is 19.6. The molecule has 1 rings (SSSR count). The summed E-state index contributed by atoms with van der Waals surface area (Å²) >= 11 is 0. The Labute approximate surface area is 96.5 Å². The molecule has 0 unspecified atom stereocenters. The smallest absolute Gasteiger partial charge is 0.870 e. The van der Waals surface area contributed by atoms with Crippen molar-refractivity contribution in [2.24, 2.45) is 0 Å². The fraction of sp³-hybridized carbons (Fsp3) is 0. The van der Waals surface area contributed by atoms with Crippen molar-refractivity contribution in [3.05, 3.63) is 39.9 Å². The quantitative estimate of drug-likeness (QED) is 0.231. The first-order valence-electron chi connectivity index (χ1n) is 2.86. The molecule has 1 aromatic carbocycles. The average Bonchev–Trinajstić information content (AvgIpc) is 2.05. The molecule has 1 N–H and O–H groups in total. The molecule has 0 saturated carbocycles. The number of nitro groups is 1. The first kappa shape index (κ1) is 14.8. The van der Waals surface area contributed by atoms with Gasteiger partial charge in [0.05, 0.1) is 11.2 Å². The van der Waals surface area contributed by atoms with Gasteiger partial charge in [-0.05, 0) is 12.1 Å². The summed E-state index contributed by atoms with van der Waals surface area (Å²) < 4.78 is 0. The normalized spacial score (nSPS) is 7.69. The molecule has 1 aromatic rings. The van der Waals surface area contributed by atoms with Crippen LogP contribution in [0.15, 0.2) is 24.3 Å². The number of benzene rings is 1. The molecule has 0 spiro atoms. The van der Waals surface area contributed by atoms with Crippen LogP contribution in [0, 0.1) is 10.1 Å². The van der Waals surface area contributed by atoms with Crippen LogP contribution in [-0.4, -0.2) is 16.7 Å². The molecule has 64 valence electrons. The zero-order valence-corrected chi connectivity index (χ0v) is 8.93. The van der Waals surface area contributed by atoms with Gasteiger partial charge in [0.25, 0.3) is 0 Å². The minimum atomic E-state index is -0.519. The molecule has 5 nitrogen and oxygen atoms in total. The van der Waals surface area contributed by atoms with Crippen LogP contribution in [0.5, 0.6) is 0 Å². The molecule has 0 aliphatic heterocycles. The van der Waals surface area contributed by atoms with Crippen LogP contribution in [0.3, 0.4) is 0 Å². The van der Waals surface area contributed by atoms with Crippen LogP contribution >= 0.6 is 0 Å². The number of nitro benzene ring substituents is 1. The van der Waals surface area contributed by atoms with E-state index in [1.165, 1.54) is 24.3 Å². The number of non-ortho nitro benzene ring substituents is 1. The van der Waals surface area contributed by atoms with E-state index in [0.29, 0.717) is 5.56 Å². The van der Waals surface area contributed by atoms with Gasteiger partial charge in [0.15, 0.2) is 0 Å². The van der Waals surface area contributed by atoms with E-state index in [4.69, 9.17) is 0 Å². The van der Waals surface area contributed by atoms with E-state index in [-0.39, 0.29) is 40.7 Å². The summed E-state index contributed by atoms with van der Waals surface area (Å²) in [6.45, 7) is 0. The third-order valence-corrected chi connectivity index (χ3v) is 1.20. The molecule has 0 amide bonds. The summed E-state index contributed by atoms with van der Waals surface area (Å²) in [6.07, 6.45) is 1.62. The fourth-order valence-electron chi connectivity index (χ4n) is 0.651. The van der Waals surface area contributed by atoms with Crippen molar-refractivity contribution in [3.8, 4) is 0 Å². The summed E-state index contributed by atoms with van der Waals surface area (Å²) in [6, 6.07) is 5.23. The average molecular weight is 190 g/mol. The molecule has 0 heterocycles. The first-order chi connectivity index (χ1) is 5.24. The molecule has 6 heteroatoms. The Morgan fingerprint density at radius 1 is 1.23 bits per heavy atom. The summed E-state index contributed by atoms with van der Waals surface area (Å²) in [5.74, 6) is 0. The van der Waals surface area contributed by atoms with Crippen LogP contribution < -0.4 is 29.6 Å². The Hall–Kier alpha value is -0.750. The van der Waals surface area contributed by atoms with E-state index in [9.17, 15) is 14.9 Å². The van der Waals surface area contributed by atoms with E-state index in [1.807, 2.05) is 0 Å². The molecule has 0 atom stereocenters. The van der Waals surface area contributed by atoms with Crippen molar-refractivity contribution in [2.45, 2.75) is 0 Å². The van der Waals surface area contributed by atoms with Gasteiger partial charge in [-0.1, -0.05) is 0 Å². The van der Waals surface area contributed by atoms with E-state index in [0.717, 1.165) is 0 Å². The Morgan fingerprint density at radius 3 is 2.00 bits per heavy atom. The Morgan fingerprint density at radius 2 is 1.69 bits per heavy atom. The molecule has 0 bridgehead atoms. The van der Waals surface area contributed by atoms with Crippen molar-refractivity contribution in [3.63, 3.8) is 0 Å². The van der Waals surface area contributed by atoms with Gasteiger partial charge >= 0.3 is 29.6 Å². The second kappa shape index (κ2) is 6.73. The van der Waals surface area contributed by atoms with Crippen molar-refractivity contribution in [1.82, 2.24) is 0 Å². The van der Waals surface area contributed by atoms with E-state index in [2.05, 4.69) is 0 Å². The molecule has 0 aromatic heterocycles. The van der Waals surface area contributed by atoms with Crippen molar-refractivity contribution in [2.75, 3.05) is 0 Å². The van der Waals surface area contributed by atoms with Gasteiger partial charge in [0.1, 0.15) is 0 Å². The molecule has 0 aliphatic rings. The number of hydrogen-bond acceptors (Lipinski definition) is 4. The maximum Gasteiger partial charge on any atom is 1.00 e. The maximum atomic E-state index is 10.1. The fourth-order valence-corrected chi connectivity index (χ4v) is 0.651. The topological polar surface area (TPSA) is 90.2 Å². The third kappa shape index (κ3) is 4.14. The largest absolute Gasteiger partial charge is 1.00 e. The summed E-state index contributed by atoms with van der Waals surface area (Å²) in [5, 5.41) is 10.1. The SMILES string of the molecule is O=[C-]c1ccc([N+](=O)[O-])cc1.[Na+].[OH-]. The standard InChI is InChI=1S/C7H4NO3.Na.H2O/c9-5-6-1-3-7(4-2-6)8(10)11;;/h1-4H;;1H2/q-1;+1;/p-1. The molecule has 13 heavy (non-hydrogen) atoms. The van der Waals surface area contributed by atoms with Crippen molar-refractivity contribution >= 4 is 12.0 Å². The molecule has 0 saturated heterocycles. The number of carbonyl (C=O) groups excluding carboxylic acids is 1. The number of hydrogen-bond donors (Lipinski definition) is 0. The van der Waals surface area contributed by atoms with Crippen LogP contribution in [0.25, 0.3) is 0 Å². The number of nitrogens with zero attached hydrogens (tertiary/aromatic N) is 1. The zero-order chi connectivity index (χ0) is 8.27. The van der Waals surface area contributed by atoms with Gasteiger partial charge in [-0.15, -0.1) is 0 Å². The molecular formula is C7H5NNaO4-. The van der Waals surface area contributed by atoms with Crippen molar-refractivity contribution in [1.29, 1.82) is 0 Å². The van der Waals surface area contributed by atoms with Crippen LogP contribution in [0.4, 0.5) is 5.69 Å². The van der Waals surface area contributed by atoms with Crippen molar-refractivity contribution < 1.29 is 44.8 Å². The molecular weight excluding hydrogens is 185 g/mol. The number of rotatable bonds is 2. The maximum absolute atomic E-state index is 10.1. The minimum absolute atomic E-state index is 0. The monoisotopic (exact) mass is 190 g/mol. The van der Waals surface area contributed by atoms with E-state index >= 15 is 0 Å². The Kier molecular flexibility index (Phi) is 7.64. The summed E-state index contributed by atoms with van der Waals surface area (Å²) in [5.41, 5.74) is 0.291. The zero-order valence-electron chi connectivity index (χ0n) is 6.93. The van der Waals surface area contributed by atoms with Gasteiger partial charge in [-0.2, -0.15) is 17.7 Å². The second-order valence-electron chi connectivity index (χ2n) is 1.91.